The summed E-state index contributed by atoms with van der Waals surface area (Å²) in [6.07, 6.45) is 14.6. The van der Waals surface area contributed by atoms with E-state index in [-0.39, 0.29) is 11.9 Å². The molecular formula is C25H48O2Sn. The van der Waals surface area contributed by atoms with Crippen LogP contribution in [0.5, 0.6) is 0 Å². The van der Waals surface area contributed by atoms with Gasteiger partial charge in [0.1, 0.15) is 0 Å². The van der Waals surface area contributed by atoms with Crippen LogP contribution < -0.4 is 0 Å². The van der Waals surface area contributed by atoms with Crippen LogP contribution >= 0.6 is 0 Å². The quantitative estimate of drug-likeness (QED) is 0.136. The Bertz CT molecular complexity index is 467. The second-order valence-corrected chi connectivity index (χ2v) is 23.4. The summed E-state index contributed by atoms with van der Waals surface area (Å²) in [5.41, 5.74) is 2.87. The average Bonchev–Trinajstić information content (AvgIpc) is 2.94. The fraction of sp³-hybridized carbons (Fsp3) is 0.880. The number of esters is 1. The van der Waals surface area contributed by atoms with Crippen molar-refractivity contribution in [3.63, 3.8) is 0 Å². The van der Waals surface area contributed by atoms with Crippen molar-refractivity contribution in [3.05, 3.63) is 11.1 Å². The first-order chi connectivity index (χ1) is 14.1. The van der Waals surface area contributed by atoms with Gasteiger partial charge in [0.2, 0.25) is 0 Å². The molecule has 164 valence electrons. The van der Waals surface area contributed by atoms with Crippen molar-refractivity contribution in [3.8, 4) is 0 Å². The van der Waals surface area contributed by atoms with E-state index in [1.54, 1.807) is 18.9 Å². The maximum atomic E-state index is 11.9. The van der Waals surface area contributed by atoms with E-state index < -0.39 is 18.4 Å². The molecule has 0 amide bonds. The van der Waals surface area contributed by atoms with Crippen LogP contribution in [0.4, 0.5) is 0 Å². The van der Waals surface area contributed by atoms with Crippen molar-refractivity contribution in [2.45, 2.75) is 122 Å². The van der Waals surface area contributed by atoms with E-state index >= 15 is 0 Å². The maximum absolute atomic E-state index is 11.9. The van der Waals surface area contributed by atoms with E-state index in [0.29, 0.717) is 13.3 Å². The van der Waals surface area contributed by atoms with Crippen molar-refractivity contribution < 1.29 is 10.9 Å². The molecule has 1 rings (SSSR count). The molecule has 0 radical (unpaired) electrons. The van der Waals surface area contributed by atoms with Gasteiger partial charge in [0, 0.05) is 0 Å². The SMILES string of the molecule is [2H]CC1=C(C[CH2][Sn]([CH2]CCC)([CH2]CCC)[CH2]CCC)CCCCC1CC(=O)OC. The van der Waals surface area contributed by atoms with Crippen LogP contribution in [0.25, 0.3) is 0 Å². The number of rotatable bonds is 14. The van der Waals surface area contributed by atoms with Gasteiger partial charge in [0.25, 0.3) is 0 Å². The molecule has 0 saturated carbocycles. The van der Waals surface area contributed by atoms with E-state index in [2.05, 4.69) is 20.8 Å². The predicted molar refractivity (Wildman–Crippen MR) is 126 cm³/mol. The number of methoxy groups -OCH3 is 1. The van der Waals surface area contributed by atoms with Crippen molar-refractivity contribution >= 4 is 24.3 Å². The topological polar surface area (TPSA) is 26.3 Å². The third-order valence-electron chi connectivity index (χ3n) is 7.01. The molecule has 0 aromatic rings. The number of hydrogen-bond acceptors (Lipinski definition) is 2. The molecule has 1 aliphatic rings. The van der Waals surface area contributed by atoms with Gasteiger partial charge in [0.05, 0.1) is 0 Å². The number of carbonyl (C=O) groups is 1. The van der Waals surface area contributed by atoms with Gasteiger partial charge in [-0.25, -0.2) is 0 Å². The van der Waals surface area contributed by atoms with Crippen LogP contribution in [0.1, 0.15) is 106 Å². The third kappa shape index (κ3) is 9.22. The van der Waals surface area contributed by atoms with Crippen LogP contribution in [-0.2, 0) is 9.53 Å². The minimum atomic E-state index is -2.13. The molecule has 0 bridgehead atoms. The molecule has 0 N–H and O–H groups in total. The normalized spacial score (nSPS) is 18.7. The zero-order valence-corrected chi connectivity index (χ0v) is 22.3. The summed E-state index contributed by atoms with van der Waals surface area (Å²) in [5, 5.41) is 0. The number of carbonyl (C=O) groups excluding carboxylic acids is 1. The molecule has 0 saturated heterocycles. The third-order valence-corrected chi connectivity index (χ3v) is 22.9. The number of allylic oxidation sites excluding steroid dienone is 2. The van der Waals surface area contributed by atoms with Gasteiger partial charge < -0.3 is 0 Å². The van der Waals surface area contributed by atoms with E-state index in [4.69, 9.17) is 6.11 Å². The second kappa shape index (κ2) is 14.9. The zero-order chi connectivity index (χ0) is 21.5. The Hall–Kier alpha value is 0.00870. The van der Waals surface area contributed by atoms with Gasteiger partial charge in [-0.1, -0.05) is 0 Å². The predicted octanol–water partition coefficient (Wildman–Crippen LogP) is 8.30. The Morgan fingerprint density at radius 2 is 1.64 bits per heavy atom. The molecule has 0 spiro atoms. The Morgan fingerprint density at radius 3 is 2.14 bits per heavy atom. The van der Waals surface area contributed by atoms with Crippen LogP contribution in [0.3, 0.4) is 0 Å². The zero-order valence-electron chi connectivity index (χ0n) is 20.4. The molecular weight excluding hydrogens is 451 g/mol. The van der Waals surface area contributed by atoms with Crippen molar-refractivity contribution in [1.82, 2.24) is 0 Å². The summed E-state index contributed by atoms with van der Waals surface area (Å²) < 4.78 is 19.4. The van der Waals surface area contributed by atoms with Crippen molar-refractivity contribution in [2.75, 3.05) is 7.11 Å². The molecule has 3 heteroatoms. The summed E-state index contributed by atoms with van der Waals surface area (Å²) in [5.74, 6) is 0.147. The molecule has 1 atom stereocenters. The molecule has 0 aromatic heterocycles. The summed E-state index contributed by atoms with van der Waals surface area (Å²) in [6.45, 7) is 7.41. The molecule has 0 aromatic carbocycles. The Balaban J connectivity index is 3.01. The van der Waals surface area contributed by atoms with Gasteiger partial charge in [-0.2, -0.15) is 0 Å². The van der Waals surface area contributed by atoms with Gasteiger partial charge in [-0.15, -0.1) is 0 Å². The summed E-state index contributed by atoms with van der Waals surface area (Å²) >= 11 is -2.13. The first-order valence-electron chi connectivity index (χ1n) is 12.8. The van der Waals surface area contributed by atoms with E-state index in [0.717, 1.165) is 6.42 Å². The summed E-state index contributed by atoms with van der Waals surface area (Å²) in [4.78, 5) is 11.9. The molecule has 2 nitrogen and oxygen atoms in total. The second-order valence-electron chi connectivity index (χ2n) is 9.16. The Labute approximate surface area is 181 Å². The van der Waals surface area contributed by atoms with Crippen LogP contribution in [-0.4, -0.2) is 31.5 Å². The number of unbranched alkanes of at least 4 members (excludes halogenated alkanes) is 3. The van der Waals surface area contributed by atoms with Crippen LogP contribution in [0, 0.1) is 5.92 Å². The minimum absolute atomic E-state index is 0.107. The summed E-state index contributed by atoms with van der Waals surface area (Å²) in [7, 11) is 1.49. The Morgan fingerprint density at radius 1 is 1.04 bits per heavy atom. The summed E-state index contributed by atoms with van der Waals surface area (Å²) in [6, 6.07) is 0. The first-order valence-corrected chi connectivity index (χ1v) is 20.2. The molecule has 1 unspecified atom stereocenters. The molecule has 28 heavy (non-hydrogen) atoms. The van der Waals surface area contributed by atoms with Gasteiger partial charge in [-0.3, -0.25) is 0 Å². The van der Waals surface area contributed by atoms with Gasteiger partial charge >= 0.3 is 182 Å². The number of ether oxygens (including phenoxy) is 1. The molecule has 1 aliphatic carbocycles. The van der Waals surface area contributed by atoms with Crippen molar-refractivity contribution in [1.29, 1.82) is 0 Å². The fourth-order valence-electron chi connectivity index (χ4n) is 4.97. The van der Waals surface area contributed by atoms with E-state index in [9.17, 15) is 4.79 Å². The standard InChI is InChI=1S/C13H21O2.3C4H9.Sn/c1-4-11-7-5-6-8-12(10(11)2)9-13(14)15-3;3*1-3-4-2;/h12H,1,4-9H2,2-3H3;3*1,3-4H2,2H3;/i2D;;;;. The average molecular weight is 500 g/mol. The van der Waals surface area contributed by atoms with Crippen LogP contribution in [0.2, 0.25) is 17.7 Å². The number of hydrogen-bond donors (Lipinski definition) is 0. The van der Waals surface area contributed by atoms with Gasteiger partial charge in [0.15, 0.2) is 0 Å². The molecule has 0 fully saturated rings. The van der Waals surface area contributed by atoms with Crippen molar-refractivity contribution in [2.24, 2.45) is 5.92 Å². The molecule has 0 heterocycles. The molecule has 0 aliphatic heterocycles. The first kappa shape index (κ1) is 24.3. The van der Waals surface area contributed by atoms with E-state index in [1.807, 2.05) is 0 Å². The van der Waals surface area contributed by atoms with E-state index in [1.165, 1.54) is 81.3 Å². The monoisotopic (exact) mass is 501 g/mol. The fourth-order valence-corrected chi connectivity index (χ4v) is 21.1. The van der Waals surface area contributed by atoms with Crippen LogP contribution in [0.15, 0.2) is 11.1 Å². The van der Waals surface area contributed by atoms with Gasteiger partial charge in [-0.05, 0) is 0 Å². The Kier molecular flexibility index (Phi) is 12.9.